The summed E-state index contributed by atoms with van der Waals surface area (Å²) in [6.07, 6.45) is 5.70. The Hall–Kier alpha value is -2.01. The van der Waals surface area contributed by atoms with E-state index in [9.17, 15) is 8.42 Å². The molecule has 1 aliphatic heterocycles. The van der Waals surface area contributed by atoms with Crippen LogP contribution in [-0.2, 0) is 14.8 Å². The van der Waals surface area contributed by atoms with Crippen molar-refractivity contribution in [2.45, 2.75) is 43.5 Å². The van der Waals surface area contributed by atoms with Crippen molar-refractivity contribution < 1.29 is 17.5 Å². The number of methoxy groups -OCH3 is 1. The van der Waals surface area contributed by atoms with E-state index >= 15 is 4.39 Å². The molecule has 0 aliphatic carbocycles. The normalized spacial score (nSPS) is 19.3. The van der Waals surface area contributed by atoms with E-state index in [0.29, 0.717) is 12.2 Å². The van der Waals surface area contributed by atoms with Crippen molar-refractivity contribution in [3.8, 4) is 0 Å². The Balaban J connectivity index is 1.89. The van der Waals surface area contributed by atoms with Gasteiger partial charge in [0.15, 0.2) is 0 Å². The van der Waals surface area contributed by atoms with Gasteiger partial charge in [0.2, 0.25) is 0 Å². The zero-order valence-corrected chi connectivity index (χ0v) is 20.1. The molecule has 0 saturated carbocycles. The second-order valence-corrected chi connectivity index (χ2v) is 9.95. The first-order valence-corrected chi connectivity index (χ1v) is 12.4. The number of sulfonamides is 1. The van der Waals surface area contributed by atoms with Crippen molar-refractivity contribution in [2.75, 3.05) is 43.1 Å². The fraction of sp³-hybridized carbons (Fsp3) is 0.524. The average Bonchev–Trinajstić information content (AvgIpc) is 3.21. The quantitative estimate of drug-likeness (QED) is 0.513. The number of aromatic nitrogens is 2. The fourth-order valence-electron chi connectivity index (χ4n) is 4.26. The molecule has 1 N–H and O–H groups in total. The van der Waals surface area contributed by atoms with E-state index in [2.05, 4.69) is 34.0 Å². The highest BCUT2D eigenvalue weighted by Crippen LogP contribution is 2.35. The number of anilines is 2. The van der Waals surface area contributed by atoms with Crippen LogP contribution in [0, 0.1) is 5.82 Å². The summed E-state index contributed by atoms with van der Waals surface area (Å²) in [5.41, 5.74) is 0.334. The van der Waals surface area contributed by atoms with Crippen molar-refractivity contribution in [2.24, 2.45) is 0 Å². The molecule has 0 spiro atoms. The van der Waals surface area contributed by atoms with Gasteiger partial charge >= 0.3 is 0 Å². The lowest BCUT2D eigenvalue weighted by atomic mass is 9.92. The van der Waals surface area contributed by atoms with Gasteiger partial charge in [-0.05, 0) is 44.5 Å². The number of hydrogen-bond donors (Lipinski definition) is 1. The number of benzene rings is 1. The smallest absolute Gasteiger partial charge is 0.270 e. The number of rotatable bonds is 10. The highest BCUT2D eigenvalue weighted by molar-refractivity contribution is 7.92. The number of ether oxygens (including phenoxy) is 1. The zero-order valence-electron chi connectivity index (χ0n) is 18.5. The highest BCUT2D eigenvalue weighted by atomic mass is 35.5. The van der Waals surface area contributed by atoms with Gasteiger partial charge in [0, 0.05) is 31.5 Å². The first-order valence-electron chi connectivity index (χ1n) is 10.5. The minimum Gasteiger partial charge on any atom is -0.382 e. The van der Waals surface area contributed by atoms with Gasteiger partial charge in [-0.3, -0.25) is 4.90 Å². The summed E-state index contributed by atoms with van der Waals surface area (Å²) >= 11 is 6.40. The molecule has 2 aromatic rings. The molecule has 1 saturated heterocycles. The second-order valence-electron chi connectivity index (χ2n) is 7.72. The van der Waals surface area contributed by atoms with Gasteiger partial charge in [0.05, 0.1) is 10.7 Å². The van der Waals surface area contributed by atoms with Crippen molar-refractivity contribution in [1.82, 2.24) is 14.9 Å². The molecule has 1 fully saturated rings. The summed E-state index contributed by atoms with van der Waals surface area (Å²) in [6, 6.07) is 3.66. The fourth-order valence-corrected chi connectivity index (χ4v) is 5.96. The second kappa shape index (κ2) is 10.3. The lowest BCUT2D eigenvalue weighted by Crippen LogP contribution is -2.48. The number of hydrogen-bond acceptors (Lipinski definition) is 7. The van der Waals surface area contributed by atoms with Crippen molar-refractivity contribution in [1.29, 1.82) is 0 Å². The lowest BCUT2D eigenvalue weighted by molar-refractivity contribution is 0.152. The number of likely N-dealkylation sites (N-methyl/N-ethyl adjacent to an activating group) is 1. The van der Waals surface area contributed by atoms with Crippen molar-refractivity contribution >= 4 is 33.1 Å². The van der Waals surface area contributed by atoms with Gasteiger partial charge < -0.3 is 10.1 Å². The third kappa shape index (κ3) is 4.83. The summed E-state index contributed by atoms with van der Waals surface area (Å²) in [4.78, 5) is 9.60. The third-order valence-corrected chi connectivity index (χ3v) is 8.10. The van der Waals surface area contributed by atoms with E-state index in [-0.39, 0.29) is 23.1 Å². The lowest BCUT2D eigenvalue weighted by Gasteiger charge is -2.38. The summed E-state index contributed by atoms with van der Waals surface area (Å²) in [7, 11) is -2.98. The largest absolute Gasteiger partial charge is 0.382 e. The average molecular weight is 486 g/mol. The van der Waals surface area contributed by atoms with Gasteiger partial charge in [-0.1, -0.05) is 25.4 Å². The van der Waals surface area contributed by atoms with Crippen LogP contribution >= 0.6 is 11.6 Å². The van der Waals surface area contributed by atoms with Gasteiger partial charge in [-0.25, -0.2) is 27.1 Å². The first kappa shape index (κ1) is 24.6. The monoisotopic (exact) mass is 485 g/mol. The molecule has 0 bridgehead atoms. The Bertz CT molecular complexity index is 1030. The van der Waals surface area contributed by atoms with Crippen LogP contribution < -0.4 is 9.62 Å². The summed E-state index contributed by atoms with van der Waals surface area (Å²) in [5.74, 6) is -0.846. The van der Waals surface area contributed by atoms with E-state index in [4.69, 9.17) is 16.3 Å². The van der Waals surface area contributed by atoms with Gasteiger partial charge in [0.1, 0.15) is 29.6 Å². The number of halogens is 2. The van der Waals surface area contributed by atoms with E-state index in [0.717, 1.165) is 48.8 Å². The molecule has 0 radical (unpaired) electrons. The Kier molecular flexibility index (Phi) is 7.92. The minimum absolute atomic E-state index is 0.0262. The summed E-state index contributed by atoms with van der Waals surface area (Å²) in [5, 5.41) is 3.37. The topological polar surface area (TPSA) is 87.7 Å². The molecular formula is C21H29ClFN5O3S. The molecule has 11 heteroatoms. The molecule has 1 aromatic heterocycles. The SMILES string of the molecule is CCN1CCCC1(CC)CNc1cc(F)c(S(=O)(=O)N(COC)c2ccncn2)cc1Cl. The van der Waals surface area contributed by atoms with Crippen LogP contribution in [-0.4, -0.2) is 62.3 Å². The first-order chi connectivity index (χ1) is 15.3. The highest BCUT2D eigenvalue weighted by Gasteiger charge is 2.38. The third-order valence-electron chi connectivity index (χ3n) is 6.05. The van der Waals surface area contributed by atoms with Crippen LogP contribution in [0.3, 0.4) is 0 Å². The molecule has 1 atom stereocenters. The van der Waals surface area contributed by atoms with E-state index in [1.165, 1.54) is 25.7 Å². The molecule has 0 amide bonds. The predicted octanol–water partition coefficient (Wildman–Crippen LogP) is 3.74. The Morgan fingerprint density at radius 3 is 2.78 bits per heavy atom. The van der Waals surface area contributed by atoms with Crippen LogP contribution in [0.1, 0.15) is 33.1 Å². The zero-order chi connectivity index (χ0) is 23.4. The maximum atomic E-state index is 15.1. The predicted molar refractivity (Wildman–Crippen MR) is 123 cm³/mol. The molecule has 3 rings (SSSR count). The molecule has 1 aromatic carbocycles. The Morgan fingerprint density at radius 1 is 1.38 bits per heavy atom. The summed E-state index contributed by atoms with van der Waals surface area (Å²) < 4.78 is 47.4. The van der Waals surface area contributed by atoms with Crippen LogP contribution in [0.15, 0.2) is 35.6 Å². The molecule has 8 nitrogen and oxygen atoms in total. The van der Waals surface area contributed by atoms with E-state index < -0.39 is 20.7 Å². The van der Waals surface area contributed by atoms with Crippen LogP contribution in [0.25, 0.3) is 0 Å². The number of likely N-dealkylation sites (tertiary alicyclic amines) is 1. The molecular weight excluding hydrogens is 457 g/mol. The van der Waals surface area contributed by atoms with Crippen LogP contribution in [0.2, 0.25) is 5.02 Å². The number of nitrogens with one attached hydrogen (secondary N) is 1. The number of nitrogens with zero attached hydrogens (tertiary/aromatic N) is 4. The van der Waals surface area contributed by atoms with Gasteiger partial charge in [0.25, 0.3) is 10.0 Å². The van der Waals surface area contributed by atoms with E-state index in [1.54, 1.807) is 0 Å². The van der Waals surface area contributed by atoms with Crippen LogP contribution in [0.4, 0.5) is 15.9 Å². The van der Waals surface area contributed by atoms with Crippen molar-refractivity contribution in [3.05, 3.63) is 41.6 Å². The summed E-state index contributed by atoms with van der Waals surface area (Å²) in [6.45, 7) is 6.49. The minimum atomic E-state index is -4.32. The molecule has 176 valence electrons. The molecule has 32 heavy (non-hydrogen) atoms. The molecule has 1 unspecified atom stereocenters. The maximum Gasteiger partial charge on any atom is 0.270 e. The Morgan fingerprint density at radius 2 is 2.16 bits per heavy atom. The maximum absolute atomic E-state index is 15.1. The van der Waals surface area contributed by atoms with Gasteiger partial charge in [-0.2, -0.15) is 0 Å². The Labute approximate surface area is 193 Å². The standard InChI is InChI=1S/C21H29ClFN5O3S/c1-4-21(8-6-10-27(21)5-2)13-25-18-12-17(23)19(11-16(18)22)32(29,30)28(15-31-3)20-7-9-24-14-26-20/h7,9,11-12,14,25H,4-6,8,10,13,15H2,1-3H3. The molecule has 1 aliphatic rings. The van der Waals surface area contributed by atoms with E-state index in [1.807, 2.05) is 0 Å². The van der Waals surface area contributed by atoms with Crippen LogP contribution in [0.5, 0.6) is 0 Å². The van der Waals surface area contributed by atoms with Crippen molar-refractivity contribution in [3.63, 3.8) is 0 Å². The van der Waals surface area contributed by atoms with Gasteiger partial charge in [-0.15, -0.1) is 0 Å². The molecule has 2 heterocycles.